The number of aliphatic hydroxyl groups excluding tert-OH is 1. The minimum atomic E-state index is -0.288. The summed E-state index contributed by atoms with van der Waals surface area (Å²) in [5.74, 6) is 1.62. The molecule has 2 aliphatic rings. The van der Waals surface area contributed by atoms with Gasteiger partial charge in [0, 0.05) is 62.1 Å². The maximum absolute atomic E-state index is 10.3. The first kappa shape index (κ1) is 17.3. The van der Waals surface area contributed by atoms with Gasteiger partial charge in [0.15, 0.2) is 0 Å². The molecule has 3 atom stereocenters. The number of benzene rings is 1. The Morgan fingerprint density at radius 1 is 1.00 bits per heavy atom. The summed E-state index contributed by atoms with van der Waals surface area (Å²) in [6.07, 6.45) is 2.40. The zero-order valence-electron chi connectivity index (χ0n) is 14.6. The predicted molar refractivity (Wildman–Crippen MR) is 95.0 cm³/mol. The number of ether oxygens (including phenoxy) is 2. The topological polar surface area (TPSA) is 71.2 Å². The van der Waals surface area contributed by atoms with Crippen LogP contribution < -0.4 is 20.1 Å². The van der Waals surface area contributed by atoms with Crippen molar-refractivity contribution in [2.75, 3.05) is 45.3 Å². The molecule has 1 saturated heterocycles. The molecule has 1 aromatic carbocycles. The van der Waals surface area contributed by atoms with Gasteiger partial charge >= 0.3 is 0 Å². The SMILES string of the molecule is COc1cc(OC)cc(N2CCCN([C@H]3C[C@H](N)C[C@@H]3O)CC2)c1. The average Bonchev–Trinajstić information content (AvgIpc) is 2.79. The van der Waals surface area contributed by atoms with Crippen molar-refractivity contribution in [1.82, 2.24) is 4.90 Å². The number of anilines is 1. The quantitative estimate of drug-likeness (QED) is 0.858. The van der Waals surface area contributed by atoms with E-state index in [2.05, 4.69) is 21.9 Å². The van der Waals surface area contributed by atoms with Crippen LogP contribution >= 0.6 is 0 Å². The molecule has 0 aromatic heterocycles. The first-order valence-corrected chi connectivity index (χ1v) is 8.76. The van der Waals surface area contributed by atoms with Gasteiger partial charge in [0.1, 0.15) is 11.5 Å². The molecule has 24 heavy (non-hydrogen) atoms. The Morgan fingerprint density at radius 2 is 1.71 bits per heavy atom. The summed E-state index contributed by atoms with van der Waals surface area (Å²) in [4.78, 5) is 4.78. The second-order valence-corrected chi connectivity index (χ2v) is 6.81. The Labute approximate surface area is 144 Å². The number of nitrogens with two attached hydrogens (primary N) is 1. The highest BCUT2D eigenvalue weighted by atomic mass is 16.5. The van der Waals surface area contributed by atoms with E-state index in [9.17, 15) is 5.11 Å². The van der Waals surface area contributed by atoms with Crippen molar-refractivity contribution in [2.45, 2.75) is 37.5 Å². The van der Waals surface area contributed by atoms with Crippen LogP contribution in [0.5, 0.6) is 11.5 Å². The second-order valence-electron chi connectivity index (χ2n) is 6.81. The van der Waals surface area contributed by atoms with Gasteiger partial charge in [-0.05, 0) is 19.3 Å². The van der Waals surface area contributed by atoms with Crippen molar-refractivity contribution in [3.05, 3.63) is 18.2 Å². The second kappa shape index (κ2) is 7.59. The standard InChI is InChI=1S/C18H29N3O3/c1-23-15-10-14(11-16(12-15)24-2)20-4-3-5-21(7-6-20)17-8-13(19)9-18(17)22/h10-13,17-18,22H,3-9,19H2,1-2H3/t13-,17-,18-/m0/s1. The maximum atomic E-state index is 10.3. The van der Waals surface area contributed by atoms with E-state index in [-0.39, 0.29) is 18.2 Å². The van der Waals surface area contributed by atoms with Gasteiger partial charge in [-0.1, -0.05) is 0 Å². The lowest BCUT2D eigenvalue weighted by Gasteiger charge is -2.30. The first-order chi connectivity index (χ1) is 11.6. The van der Waals surface area contributed by atoms with Crippen LogP contribution in [0.15, 0.2) is 18.2 Å². The molecule has 0 unspecified atom stereocenters. The molecule has 134 valence electrons. The largest absolute Gasteiger partial charge is 0.497 e. The van der Waals surface area contributed by atoms with E-state index in [0.717, 1.165) is 62.6 Å². The van der Waals surface area contributed by atoms with Crippen molar-refractivity contribution < 1.29 is 14.6 Å². The number of aliphatic hydroxyl groups is 1. The van der Waals surface area contributed by atoms with E-state index < -0.39 is 0 Å². The molecule has 0 amide bonds. The van der Waals surface area contributed by atoms with Gasteiger partial charge in [-0.2, -0.15) is 0 Å². The Hall–Kier alpha value is -1.50. The van der Waals surface area contributed by atoms with Gasteiger partial charge in [-0.3, -0.25) is 4.90 Å². The van der Waals surface area contributed by atoms with Crippen molar-refractivity contribution in [3.8, 4) is 11.5 Å². The average molecular weight is 335 g/mol. The number of nitrogens with zero attached hydrogens (tertiary/aromatic N) is 2. The lowest BCUT2D eigenvalue weighted by atomic mass is 10.1. The van der Waals surface area contributed by atoms with Crippen LogP contribution in [0.4, 0.5) is 5.69 Å². The Morgan fingerprint density at radius 3 is 2.29 bits per heavy atom. The van der Waals surface area contributed by atoms with E-state index in [4.69, 9.17) is 15.2 Å². The summed E-state index contributed by atoms with van der Waals surface area (Å²) in [5.41, 5.74) is 7.14. The fourth-order valence-corrected chi connectivity index (χ4v) is 3.93. The molecule has 0 radical (unpaired) electrons. The zero-order chi connectivity index (χ0) is 17.1. The van der Waals surface area contributed by atoms with Crippen LogP contribution in [0, 0.1) is 0 Å². The van der Waals surface area contributed by atoms with E-state index in [1.165, 1.54) is 0 Å². The highest BCUT2D eigenvalue weighted by molar-refractivity contribution is 5.55. The fraction of sp³-hybridized carbons (Fsp3) is 0.667. The molecule has 1 aliphatic heterocycles. The molecule has 1 aromatic rings. The lowest BCUT2D eigenvalue weighted by Crippen LogP contribution is -2.42. The monoisotopic (exact) mass is 335 g/mol. The van der Waals surface area contributed by atoms with Crippen LogP contribution in [0.25, 0.3) is 0 Å². The van der Waals surface area contributed by atoms with E-state index in [1.807, 2.05) is 6.07 Å². The first-order valence-electron chi connectivity index (χ1n) is 8.76. The summed E-state index contributed by atoms with van der Waals surface area (Å²) < 4.78 is 10.8. The number of hydrogen-bond donors (Lipinski definition) is 2. The molecule has 3 N–H and O–H groups in total. The zero-order valence-corrected chi connectivity index (χ0v) is 14.6. The van der Waals surface area contributed by atoms with Crippen molar-refractivity contribution in [3.63, 3.8) is 0 Å². The van der Waals surface area contributed by atoms with E-state index in [0.29, 0.717) is 0 Å². The molecule has 1 aliphatic carbocycles. The van der Waals surface area contributed by atoms with E-state index >= 15 is 0 Å². The molecular weight excluding hydrogens is 306 g/mol. The summed E-state index contributed by atoms with van der Waals surface area (Å²) in [6, 6.07) is 6.34. The lowest BCUT2D eigenvalue weighted by molar-refractivity contribution is 0.0749. The van der Waals surface area contributed by atoms with Crippen LogP contribution in [0.3, 0.4) is 0 Å². The van der Waals surface area contributed by atoms with E-state index in [1.54, 1.807) is 14.2 Å². The van der Waals surface area contributed by atoms with Gasteiger partial charge in [-0.25, -0.2) is 0 Å². The molecule has 1 heterocycles. The van der Waals surface area contributed by atoms with Crippen LogP contribution in [-0.4, -0.2) is 68.6 Å². The molecule has 6 nitrogen and oxygen atoms in total. The van der Waals surface area contributed by atoms with Gasteiger partial charge in [0.25, 0.3) is 0 Å². The Kier molecular flexibility index (Phi) is 5.48. The third-order valence-electron chi connectivity index (χ3n) is 5.23. The number of rotatable bonds is 4. The normalized spacial score (nSPS) is 28.7. The van der Waals surface area contributed by atoms with Gasteiger partial charge < -0.3 is 25.2 Å². The fourth-order valence-electron chi connectivity index (χ4n) is 3.93. The van der Waals surface area contributed by atoms with Crippen LogP contribution in [0.1, 0.15) is 19.3 Å². The molecule has 2 fully saturated rings. The van der Waals surface area contributed by atoms with Crippen LogP contribution in [0.2, 0.25) is 0 Å². The molecular formula is C18H29N3O3. The molecule has 6 heteroatoms. The Balaban J connectivity index is 1.69. The van der Waals surface area contributed by atoms with Gasteiger partial charge in [-0.15, -0.1) is 0 Å². The number of hydrogen-bond acceptors (Lipinski definition) is 6. The smallest absolute Gasteiger partial charge is 0.124 e. The summed E-state index contributed by atoms with van der Waals surface area (Å²) >= 11 is 0. The van der Waals surface area contributed by atoms with Gasteiger partial charge in [0.05, 0.1) is 20.3 Å². The van der Waals surface area contributed by atoms with Crippen molar-refractivity contribution >= 4 is 5.69 Å². The third-order valence-corrected chi connectivity index (χ3v) is 5.23. The summed E-state index contributed by atoms with van der Waals surface area (Å²) in [5, 5.41) is 10.3. The highest BCUT2D eigenvalue weighted by Crippen LogP contribution is 2.30. The molecule has 3 rings (SSSR count). The maximum Gasteiger partial charge on any atom is 0.124 e. The van der Waals surface area contributed by atoms with Gasteiger partial charge in [0.2, 0.25) is 0 Å². The minimum Gasteiger partial charge on any atom is -0.497 e. The Bertz CT molecular complexity index is 532. The summed E-state index contributed by atoms with van der Waals surface area (Å²) in [7, 11) is 3.35. The molecule has 0 spiro atoms. The molecule has 0 bridgehead atoms. The van der Waals surface area contributed by atoms with Crippen molar-refractivity contribution in [1.29, 1.82) is 0 Å². The third kappa shape index (κ3) is 3.77. The highest BCUT2D eigenvalue weighted by Gasteiger charge is 2.35. The number of methoxy groups -OCH3 is 2. The minimum absolute atomic E-state index is 0.131. The predicted octanol–water partition coefficient (Wildman–Crippen LogP) is 1.07. The molecule has 1 saturated carbocycles. The van der Waals surface area contributed by atoms with Crippen LogP contribution in [-0.2, 0) is 0 Å². The summed E-state index contributed by atoms with van der Waals surface area (Å²) in [6.45, 7) is 3.86. The van der Waals surface area contributed by atoms with Crippen molar-refractivity contribution in [2.24, 2.45) is 5.73 Å².